The van der Waals surface area contributed by atoms with Gasteiger partial charge in [0.2, 0.25) is 0 Å². The number of nitrogens with two attached hydrogens (primary N) is 1. The Balaban J connectivity index is 2.72. The topological polar surface area (TPSA) is 114 Å². The van der Waals surface area contributed by atoms with Crippen molar-refractivity contribution >= 4 is 19.4 Å². The molecule has 0 radical (unpaired) electrons. The molecule has 17 heavy (non-hydrogen) atoms. The quantitative estimate of drug-likeness (QED) is 0.404. The van der Waals surface area contributed by atoms with Gasteiger partial charge in [-0.25, -0.2) is 0 Å². The molecular formula is C9H13NO7. The smallest absolute Gasteiger partial charge is 0.293 e. The van der Waals surface area contributed by atoms with Gasteiger partial charge in [0.1, 0.15) is 12.7 Å². The molecule has 96 valence electrons. The Labute approximate surface area is 96.9 Å². The van der Waals surface area contributed by atoms with Crippen molar-refractivity contribution in [3.8, 4) is 0 Å². The molecule has 0 bridgehead atoms. The van der Waals surface area contributed by atoms with E-state index in [1.54, 1.807) is 0 Å². The normalized spacial score (nSPS) is 32.3. The third-order valence-corrected chi connectivity index (χ3v) is 2.37. The van der Waals surface area contributed by atoms with Gasteiger partial charge in [-0.1, -0.05) is 0 Å². The summed E-state index contributed by atoms with van der Waals surface area (Å²) in [6, 6.07) is -0.613. The van der Waals surface area contributed by atoms with Gasteiger partial charge in [0, 0.05) is 0 Å². The lowest BCUT2D eigenvalue weighted by Crippen LogP contribution is -2.59. The van der Waals surface area contributed by atoms with Crippen LogP contribution in [0.4, 0.5) is 0 Å². The highest BCUT2D eigenvalue weighted by molar-refractivity contribution is 5.40. The summed E-state index contributed by atoms with van der Waals surface area (Å²) in [6.45, 7) is 0.638. The SMILES string of the molecule is NC1COC(COC=O)[C@H](OC=O)C1OC=O. The molecule has 8 nitrogen and oxygen atoms in total. The minimum absolute atomic E-state index is 0.101. The van der Waals surface area contributed by atoms with Gasteiger partial charge in [-0.05, 0) is 0 Å². The molecule has 3 unspecified atom stereocenters. The van der Waals surface area contributed by atoms with Crippen LogP contribution in [0.15, 0.2) is 0 Å². The summed E-state index contributed by atoms with van der Waals surface area (Å²) in [5.41, 5.74) is 5.66. The summed E-state index contributed by atoms with van der Waals surface area (Å²) in [7, 11) is 0. The monoisotopic (exact) mass is 247 g/mol. The second-order valence-corrected chi connectivity index (χ2v) is 3.36. The molecule has 2 N–H and O–H groups in total. The first-order valence-corrected chi connectivity index (χ1v) is 4.85. The Bertz CT molecular complexity index is 272. The molecular weight excluding hydrogens is 234 g/mol. The largest absolute Gasteiger partial charge is 0.465 e. The van der Waals surface area contributed by atoms with E-state index in [9.17, 15) is 14.4 Å². The maximum absolute atomic E-state index is 10.4. The summed E-state index contributed by atoms with van der Waals surface area (Å²) in [5.74, 6) is 0. The van der Waals surface area contributed by atoms with E-state index < -0.39 is 24.4 Å². The van der Waals surface area contributed by atoms with Crippen LogP contribution in [-0.4, -0.2) is 57.0 Å². The predicted octanol–water partition coefficient (Wildman–Crippen LogP) is -2.03. The summed E-state index contributed by atoms with van der Waals surface area (Å²) < 4.78 is 19.3. The zero-order valence-electron chi connectivity index (χ0n) is 8.89. The van der Waals surface area contributed by atoms with E-state index in [4.69, 9.17) is 19.9 Å². The van der Waals surface area contributed by atoms with Crippen molar-refractivity contribution < 1.29 is 33.3 Å². The minimum Gasteiger partial charge on any atom is -0.465 e. The maximum Gasteiger partial charge on any atom is 0.293 e. The molecule has 1 aliphatic heterocycles. The molecule has 0 spiro atoms. The molecule has 0 aliphatic carbocycles. The summed E-state index contributed by atoms with van der Waals surface area (Å²) in [6.07, 6.45) is -2.44. The molecule has 0 aromatic rings. The van der Waals surface area contributed by atoms with Crippen molar-refractivity contribution in [3.63, 3.8) is 0 Å². The second-order valence-electron chi connectivity index (χ2n) is 3.36. The van der Waals surface area contributed by atoms with Gasteiger partial charge in [-0.3, -0.25) is 14.4 Å². The van der Waals surface area contributed by atoms with E-state index in [0.29, 0.717) is 0 Å². The highest BCUT2D eigenvalue weighted by atomic mass is 16.6. The van der Waals surface area contributed by atoms with Crippen molar-refractivity contribution in [1.29, 1.82) is 0 Å². The molecule has 0 amide bonds. The van der Waals surface area contributed by atoms with Gasteiger partial charge in [-0.2, -0.15) is 0 Å². The fourth-order valence-electron chi connectivity index (χ4n) is 1.63. The van der Waals surface area contributed by atoms with Gasteiger partial charge in [0.15, 0.2) is 12.2 Å². The standard InChI is InChI=1S/C9H13NO7/c10-6-1-15-7(2-14-3-11)9(17-5-13)8(6)16-4-12/h3-9H,1-2,10H2/t6?,7?,8?,9-/m0/s1. The third kappa shape index (κ3) is 3.40. The van der Waals surface area contributed by atoms with Gasteiger partial charge >= 0.3 is 0 Å². The Morgan fingerprint density at radius 2 is 1.76 bits per heavy atom. The summed E-state index contributed by atoms with van der Waals surface area (Å²) in [5, 5.41) is 0. The van der Waals surface area contributed by atoms with Crippen LogP contribution < -0.4 is 5.73 Å². The second kappa shape index (κ2) is 6.81. The minimum atomic E-state index is -0.901. The Morgan fingerprint density at radius 1 is 1.12 bits per heavy atom. The van der Waals surface area contributed by atoms with Gasteiger partial charge in [-0.15, -0.1) is 0 Å². The van der Waals surface area contributed by atoms with Crippen LogP contribution in [0.2, 0.25) is 0 Å². The van der Waals surface area contributed by atoms with Crippen molar-refractivity contribution in [1.82, 2.24) is 0 Å². The first kappa shape index (κ1) is 13.4. The van der Waals surface area contributed by atoms with Crippen molar-refractivity contribution in [2.45, 2.75) is 24.4 Å². The maximum atomic E-state index is 10.4. The van der Waals surface area contributed by atoms with Crippen LogP contribution in [0.1, 0.15) is 0 Å². The van der Waals surface area contributed by atoms with Crippen molar-refractivity contribution in [3.05, 3.63) is 0 Å². The van der Waals surface area contributed by atoms with E-state index in [-0.39, 0.29) is 32.6 Å². The van der Waals surface area contributed by atoms with Crippen LogP contribution in [0.3, 0.4) is 0 Å². The number of carbonyl (C=O) groups is 3. The van der Waals surface area contributed by atoms with Crippen LogP contribution in [0, 0.1) is 0 Å². The van der Waals surface area contributed by atoms with Crippen molar-refractivity contribution in [2.24, 2.45) is 5.73 Å². The summed E-state index contributed by atoms with van der Waals surface area (Å²) >= 11 is 0. The zero-order chi connectivity index (χ0) is 12.7. The van der Waals surface area contributed by atoms with Crippen LogP contribution in [-0.2, 0) is 33.3 Å². The van der Waals surface area contributed by atoms with Crippen LogP contribution in [0.25, 0.3) is 0 Å². The lowest BCUT2D eigenvalue weighted by atomic mass is 9.98. The van der Waals surface area contributed by atoms with E-state index in [1.807, 2.05) is 0 Å². The molecule has 8 heteroatoms. The Kier molecular flexibility index (Phi) is 5.37. The highest BCUT2D eigenvalue weighted by Gasteiger charge is 2.42. The summed E-state index contributed by atoms with van der Waals surface area (Å²) in [4.78, 5) is 30.8. The number of rotatable bonds is 7. The van der Waals surface area contributed by atoms with E-state index >= 15 is 0 Å². The molecule has 1 heterocycles. The van der Waals surface area contributed by atoms with Crippen LogP contribution in [0.5, 0.6) is 0 Å². The molecule has 1 fully saturated rings. The average Bonchev–Trinajstić information content (AvgIpc) is 2.33. The van der Waals surface area contributed by atoms with E-state index in [1.165, 1.54) is 0 Å². The van der Waals surface area contributed by atoms with Gasteiger partial charge in [0.05, 0.1) is 12.6 Å². The fraction of sp³-hybridized carbons (Fsp3) is 0.667. The number of ether oxygens (including phenoxy) is 4. The molecule has 0 aromatic carbocycles. The Morgan fingerprint density at radius 3 is 2.35 bits per heavy atom. The Hall–Kier alpha value is -1.67. The lowest BCUT2D eigenvalue weighted by Gasteiger charge is -2.38. The number of hydrogen-bond acceptors (Lipinski definition) is 8. The lowest BCUT2D eigenvalue weighted by molar-refractivity contribution is -0.193. The number of carbonyl (C=O) groups excluding carboxylic acids is 3. The van der Waals surface area contributed by atoms with E-state index in [0.717, 1.165) is 0 Å². The fourth-order valence-corrected chi connectivity index (χ4v) is 1.63. The first-order chi connectivity index (χ1) is 8.24. The third-order valence-electron chi connectivity index (χ3n) is 2.37. The van der Waals surface area contributed by atoms with Gasteiger partial charge in [0.25, 0.3) is 19.4 Å². The van der Waals surface area contributed by atoms with Crippen LogP contribution >= 0.6 is 0 Å². The molecule has 1 saturated heterocycles. The number of hydrogen-bond donors (Lipinski definition) is 1. The molecule has 0 aromatic heterocycles. The van der Waals surface area contributed by atoms with Gasteiger partial charge < -0.3 is 24.7 Å². The first-order valence-electron chi connectivity index (χ1n) is 4.85. The molecule has 1 aliphatic rings. The average molecular weight is 247 g/mol. The van der Waals surface area contributed by atoms with E-state index in [2.05, 4.69) is 4.74 Å². The predicted molar refractivity (Wildman–Crippen MR) is 51.6 cm³/mol. The molecule has 1 rings (SSSR count). The zero-order valence-corrected chi connectivity index (χ0v) is 8.89. The molecule has 0 saturated carbocycles. The molecule has 4 atom stereocenters. The highest BCUT2D eigenvalue weighted by Crippen LogP contribution is 2.19. The van der Waals surface area contributed by atoms with Crippen molar-refractivity contribution in [2.75, 3.05) is 13.2 Å².